The molecule has 3 aromatic rings. The summed E-state index contributed by atoms with van der Waals surface area (Å²) in [6, 6.07) is 10.8. The molecule has 4 rings (SSSR count). The second-order valence-corrected chi connectivity index (χ2v) is 10.1. The Morgan fingerprint density at radius 1 is 1.12 bits per heavy atom. The minimum atomic E-state index is -3.97. The summed E-state index contributed by atoms with van der Waals surface area (Å²) in [5.74, 6) is 0.412. The standard InChI is InChI=1S/C24H27N3O5S/c1-15-6-3-4-9-21(15)26-24(29)20-14-25-22-11-10-18(13-19(22)23(20)28)33(30,31)27-16-7-5-8-17(12-16)32-2/h5,7-8,10-15,21,27H,3-4,6,9H2,1-2H3,(H,25,28)(H,26,29)/t15-,21+/m1/s1. The van der Waals surface area contributed by atoms with E-state index < -0.39 is 21.4 Å². The monoisotopic (exact) mass is 469 g/mol. The van der Waals surface area contributed by atoms with Gasteiger partial charge in [-0.15, -0.1) is 0 Å². The molecular formula is C24H27N3O5S. The number of rotatable bonds is 6. The number of fused-ring (bicyclic) bond motifs is 1. The van der Waals surface area contributed by atoms with E-state index in [0.717, 1.165) is 25.7 Å². The summed E-state index contributed by atoms with van der Waals surface area (Å²) >= 11 is 0. The predicted octanol–water partition coefficient (Wildman–Crippen LogP) is 3.65. The van der Waals surface area contributed by atoms with Crippen molar-refractivity contribution in [2.24, 2.45) is 5.92 Å². The van der Waals surface area contributed by atoms with Gasteiger partial charge in [-0.25, -0.2) is 8.42 Å². The minimum Gasteiger partial charge on any atom is -0.497 e. The van der Waals surface area contributed by atoms with Gasteiger partial charge in [-0.05, 0) is 49.1 Å². The van der Waals surface area contributed by atoms with Crippen molar-refractivity contribution in [1.29, 1.82) is 0 Å². The van der Waals surface area contributed by atoms with E-state index in [9.17, 15) is 18.0 Å². The molecule has 0 saturated heterocycles. The Bertz CT molecular complexity index is 1350. The smallest absolute Gasteiger partial charge is 0.261 e. The zero-order chi connectivity index (χ0) is 23.6. The fourth-order valence-electron chi connectivity index (χ4n) is 4.21. The first kappa shape index (κ1) is 22.8. The van der Waals surface area contributed by atoms with Crippen molar-refractivity contribution in [2.75, 3.05) is 11.8 Å². The van der Waals surface area contributed by atoms with Crippen LogP contribution < -0.4 is 20.2 Å². The lowest BCUT2D eigenvalue weighted by Gasteiger charge is -2.29. The fraction of sp³-hybridized carbons (Fsp3) is 0.333. The van der Waals surface area contributed by atoms with Crippen LogP contribution in [-0.4, -0.2) is 32.5 Å². The molecule has 0 unspecified atom stereocenters. The Morgan fingerprint density at radius 2 is 1.91 bits per heavy atom. The minimum absolute atomic E-state index is 0.0279. The number of pyridine rings is 1. The number of methoxy groups -OCH3 is 1. The highest BCUT2D eigenvalue weighted by Gasteiger charge is 2.25. The second-order valence-electron chi connectivity index (χ2n) is 8.42. The molecule has 1 heterocycles. The van der Waals surface area contributed by atoms with Crippen LogP contribution in [0.15, 0.2) is 58.4 Å². The van der Waals surface area contributed by atoms with Crippen LogP contribution in [0.2, 0.25) is 0 Å². The van der Waals surface area contributed by atoms with Crippen molar-refractivity contribution in [3.05, 3.63) is 64.4 Å². The Morgan fingerprint density at radius 3 is 2.67 bits per heavy atom. The molecule has 174 valence electrons. The number of carbonyl (C=O) groups excluding carboxylic acids is 1. The topological polar surface area (TPSA) is 117 Å². The molecule has 1 aliphatic rings. The summed E-state index contributed by atoms with van der Waals surface area (Å²) < 4.78 is 33.5. The second kappa shape index (κ2) is 9.27. The maximum Gasteiger partial charge on any atom is 0.261 e. The number of nitrogens with one attached hydrogen (secondary N) is 3. The molecule has 9 heteroatoms. The fourth-order valence-corrected chi connectivity index (χ4v) is 5.29. The molecule has 1 aliphatic carbocycles. The number of aromatic nitrogens is 1. The molecule has 1 amide bonds. The van der Waals surface area contributed by atoms with E-state index in [-0.39, 0.29) is 21.9 Å². The predicted molar refractivity (Wildman–Crippen MR) is 127 cm³/mol. The SMILES string of the molecule is COc1cccc(NS(=O)(=O)c2ccc3[nH]cc(C(=O)N[C@H]4CCCC[C@H]4C)c(=O)c3c2)c1. The molecule has 8 nitrogen and oxygen atoms in total. The van der Waals surface area contributed by atoms with Crippen molar-refractivity contribution in [1.82, 2.24) is 10.3 Å². The molecular weight excluding hydrogens is 442 g/mol. The first-order valence-electron chi connectivity index (χ1n) is 10.9. The lowest BCUT2D eigenvalue weighted by atomic mass is 9.86. The van der Waals surface area contributed by atoms with E-state index in [4.69, 9.17) is 4.74 Å². The number of hydrogen-bond donors (Lipinski definition) is 3. The third kappa shape index (κ3) is 4.88. The molecule has 2 aromatic carbocycles. The van der Waals surface area contributed by atoms with Gasteiger partial charge in [0, 0.05) is 29.2 Å². The normalized spacial score (nSPS) is 18.6. The van der Waals surface area contributed by atoms with Gasteiger partial charge in [-0.3, -0.25) is 14.3 Å². The largest absolute Gasteiger partial charge is 0.497 e. The van der Waals surface area contributed by atoms with Crippen LogP contribution >= 0.6 is 0 Å². The lowest BCUT2D eigenvalue weighted by molar-refractivity contribution is 0.0909. The van der Waals surface area contributed by atoms with Crippen molar-refractivity contribution in [2.45, 2.75) is 43.5 Å². The van der Waals surface area contributed by atoms with E-state index in [1.54, 1.807) is 24.3 Å². The van der Waals surface area contributed by atoms with Gasteiger partial charge in [0.25, 0.3) is 15.9 Å². The number of anilines is 1. The lowest BCUT2D eigenvalue weighted by Crippen LogP contribution is -2.42. The van der Waals surface area contributed by atoms with Crippen LogP contribution in [0.3, 0.4) is 0 Å². The average molecular weight is 470 g/mol. The summed E-state index contributed by atoms with van der Waals surface area (Å²) in [5.41, 5.74) is 0.236. The number of sulfonamides is 1. The molecule has 2 atom stereocenters. The molecule has 1 fully saturated rings. The summed E-state index contributed by atoms with van der Waals surface area (Å²) in [6.45, 7) is 2.10. The molecule has 1 aromatic heterocycles. The maximum atomic E-state index is 13.1. The number of benzene rings is 2. The van der Waals surface area contributed by atoms with Gasteiger partial charge in [0.1, 0.15) is 11.3 Å². The maximum absolute atomic E-state index is 13.1. The third-order valence-corrected chi connectivity index (χ3v) is 7.54. The van der Waals surface area contributed by atoms with E-state index in [0.29, 0.717) is 22.9 Å². The number of aromatic amines is 1. The van der Waals surface area contributed by atoms with E-state index in [1.165, 1.54) is 31.5 Å². The van der Waals surface area contributed by atoms with E-state index in [2.05, 4.69) is 21.9 Å². The van der Waals surface area contributed by atoms with Crippen molar-refractivity contribution in [3.8, 4) is 5.75 Å². The first-order chi connectivity index (χ1) is 15.8. The zero-order valence-electron chi connectivity index (χ0n) is 18.6. The molecule has 0 radical (unpaired) electrons. The zero-order valence-corrected chi connectivity index (χ0v) is 19.4. The van der Waals surface area contributed by atoms with Gasteiger partial charge in [-0.1, -0.05) is 25.8 Å². The third-order valence-electron chi connectivity index (χ3n) is 6.16. The molecule has 0 bridgehead atoms. The van der Waals surface area contributed by atoms with Crippen LogP contribution in [0.1, 0.15) is 43.0 Å². The van der Waals surface area contributed by atoms with Crippen LogP contribution in [0.5, 0.6) is 5.75 Å². The number of ether oxygens (including phenoxy) is 1. The quantitative estimate of drug-likeness (QED) is 0.509. The van der Waals surface area contributed by atoms with Gasteiger partial charge in [0.2, 0.25) is 5.43 Å². The Kier molecular flexibility index (Phi) is 6.42. The van der Waals surface area contributed by atoms with Gasteiger partial charge >= 0.3 is 0 Å². The van der Waals surface area contributed by atoms with Crippen molar-refractivity contribution in [3.63, 3.8) is 0 Å². The van der Waals surface area contributed by atoms with Gasteiger partial charge in [-0.2, -0.15) is 0 Å². The molecule has 3 N–H and O–H groups in total. The average Bonchev–Trinajstić information content (AvgIpc) is 2.80. The molecule has 33 heavy (non-hydrogen) atoms. The molecule has 0 spiro atoms. The highest BCUT2D eigenvalue weighted by Crippen LogP contribution is 2.24. The molecule has 1 saturated carbocycles. The van der Waals surface area contributed by atoms with Gasteiger partial charge in [0.15, 0.2) is 0 Å². The van der Waals surface area contributed by atoms with Gasteiger partial charge < -0.3 is 15.0 Å². The molecule has 0 aliphatic heterocycles. The number of carbonyl (C=O) groups is 1. The first-order valence-corrected chi connectivity index (χ1v) is 12.4. The summed E-state index contributed by atoms with van der Waals surface area (Å²) in [4.78, 5) is 28.8. The van der Waals surface area contributed by atoms with E-state index >= 15 is 0 Å². The van der Waals surface area contributed by atoms with Crippen LogP contribution in [0, 0.1) is 5.92 Å². The van der Waals surface area contributed by atoms with Crippen LogP contribution in [-0.2, 0) is 10.0 Å². The number of amides is 1. The summed E-state index contributed by atoms with van der Waals surface area (Å²) in [5, 5.41) is 3.11. The van der Waals surface area contributed by atoms with Crippen LogP contribution in [0.25, 0.3) is 10.9 Å². The Labute approximate surface area is 192 Å². The van der Waals surface area contributed by atoms with E-state index in [1.807, 2.05) is 0 Å². The number of hydrogen-bond acceptors (Lipinski definition) is 5. The summed E-state index contributed by atoms with van der Waals surface area (Å²) in [6.07, 6.45) is 5.50. The Hall–Kier alpha value is -3.33. The van der Waals surface area contributed by atoms with Crippen LogP contribution in [0.4, 0.5) is 5.69 Å². The van der Waals surface area contributed by atoms with Crippen molar-refractivity contribution >= 4 is 32.5 Å². The highest BCUT2D eigenvalue weighted by molar-refractivity contribution is 7.92. The Balaban J connectivity index is 1.64. The van der Waals surface area contributed by atoms with Crippen molar-refractivity contribution < 1.29 is 17.9 Å². The number of H-pyrrole nitrogens is 1. The highest BCUT2D eigenvalue weighted by atomic mass is 32.2. The summed E-state index contributed by atoms with van der Waals surface area (Å²) in [7, 11) is -2.48. The van der Waals surface area contributed by atoms with Gasteiger partial charge in [0.05, 0.1) is 17.7 Å².